The Hall–Kier alpha value is -1.25. The summed E-state index contributed by atoms with van der Waals surface area (Å²) in [4.78, 5) is 4.13. The van der Waals surface area contributed by atoms with Crippen molar-refractivity contribution in [2.24, 2.45) is 0 Å². The maximum atomic E-state index is 5.87. The molecule has 0 atom stereocenters. The Morgan fingerprint density at radius 3 is 2.50 bits per heavy atom. The van der Waals surface area contributed by atoms with Gasteiger partial charge >= 0.3 is 0 Å². The van der Waals surface area contributed by atoms with Crippen molar-refractivity contribution in [3.05, 3.63) is 52.1 Å². The van der Waals surface area contributed by atoms with Crippen LogP contribution in [-0.4, -0.2) is 4.98 Å². The fourth-order valence-electron chi connectivity index (χ4n) is 1.18. The zero-order valence-corrected chi connectivity index (χ0v) is 10.1. The first kappa shape index (κ1) is 11.2. The predicted molar refractivity (Wildman–Crippen MR) is 65.5 cm³/mol. The summed E-state index contributed by atoms with van der Waals surface area (Å²) in [6.45, 7) is 1.97. The average molecular weight is 254 g/mol. The van der Waals surface area contributed by atoms with Gasteiger partial charge in [0.25, 0.3) is 0 Å². The highest BCUT2D eigenvalue weighted by atomic mass is 35.5. The van der Waals surface area contributed by atoms with Crippen molar-refractivity contribution >= 4 is 23.2 Å². The normalized spacial score (nSPS) is 10.2. The van der Waals surface area contributed by atoms with Crippen LogP contribution in [0.1, 0.15) is 5.56 Å². The molecular formula is C12H9Cl2NO. The molecule has 4 heteroatoms. The fourth-order valence-corrected chi connectivity index (χ4v) is 1.46. The monoisotopic (exact) mass is 253 g/mol. The van der Waals surface area contributed by atoms with Gasteiger partial charge in [-0.25, -0.2) is 4.98 Å². The molecule has 0 saturated heterocycles. The standard InChI is InChI=1S/C12H9Cl2NO/c1-8-2-5-12(15-7-8)16-9-3-4-10(13)11(14)6-9/h2-7H,1H3. The predicted octanol–water partition coefficient (Wildman–Crippen LogP) is 4.49. The molecule has 0 saturated carbocycles. The molecule has 1 heterocycles. The van der Waals surface area contributed by atoms with Crippen molar-refractivity contribution in [2.45, 2.75) is 6.92 Å². The summed E-state index contributed by atoms with van der Waals surface area (Å²) in [5.74, 6) is 1.15. The third-order valence-electron chi connectivity index (χ3n) is 2.00. The fraction of sp³-hybridized carbons (Fsp3) is 0.0833. The minimum absolute atomic E-state index is 0.464. The van der Waals surface area contributed by atoms with Crippen LogP contribution in [0, 0.1) is 6.92 Å². The molecule has 2 nitrogen and oxygen atoms in total. The van der Waals surface area contributed by atoms with E-state index >= 15 is 0 Å². The third-order valence-corrected chi connectivity index (χ3v) is 2.74. The first-order valence-corrected chi connectivity index (χ1v) is 5.46. The van der Waals surface area contributed by atoms with Gasteiger partial charge in [0.15, 0.2) is 0 Å². The van der Waals surface area contributed by atoms with Crippen molar-refractivity contribution in [1.82, 2.24) is 4.98 Å². The van der Waals surface area contributed by atoms with Crippen LogP contribution in [0.25, 0.3) is 0 Å². The zero-order valence-electron chi connectivity index (χ0n) is 8.58. The molecule has 0 N–H and O–H groups in total. The Balaban J connectivity index is 2.20. The van der Waals surface area contributed by atoms with Crippen LogP contribution < -0.4 is 4.74 Å². The van der Waals surface area contributed by atoms with Crippen LogP contribution in [0.2, 0.25) is 10.0 Å². The molecule has 0 bridgehead atoms. The van der Waals surface area contributed by atoms with E-state index in [1.807, 2.05) is 13.0 Å². The summed E-state index contributed by atoms with van der Waals surface area (Å²) >= 11 is 11.7. The SMILES string of the molecule is Cc1ccc(Oc2ccc(Cl)c(Cl)c2)nc1. The average Bonchev–Trinajstić information content (AvgIpc) is 2.27. The highest BCUT2D eigenvalue weighted by molar-refractivity contribution is 6.42. The van der Waals surface area contributed by atoms with E-state index in [1.54, 1.807) is 30.5 Å². The lowest BCUT2D eigenvalue weighted by Crippen LogP contribution is -1.87. The summed E-state index contributed by atoms with van der Waals surface area (Å²) in [5.41, 5.74) is 1.08. The number of ether oxygens (including phenoxy) is 1. The van der Waals surface area contributed by atoms with Crippen LogP contribution in [0.15, 0.2) is 36.5 Å². The second kappa shape index (κ2) is 4.73. The molecule has 0 aliphatic rings. The van der Waals surface area contributed by atoms with Crippen LogP contribution in [0.3, 0.4) is 0 Å². The molecule has 16 heavy (non-hydrogen) atoms. The molecule has 82 valence electrons. The Morgan fingerprint density at radius 2 is 1.88 bits per heavy atom. The number of hydrogen-bond acceptors (Lipinski definition) is 2. The van der Waals surface area contributed by atoms with Gasteiger partial charge < -0.3 is 4.74 Å². The molecule has 1 aromatic heterocycles. The maximum Gasteiger partial charge on any atom is 0.219 e. The smallest absolute Gasteiger partial charge is 0.219 e. The molecule has 0 fully saturated rings. The highest BCUT2D eigenvalue weighted by Gasteiger charge is 2.02. The van der Waals surface area contributed by atoms with Gasteiger partial charge in [-0.2, -0.15) is 0 Å². The van der Waals surface area contributed by atoms with E-state index < -0.39 is 0 Å². The van der Waals surface area contributed by atoms with Crippen LogP contribution in [0.4, 0.5) is 0 Å². The first-order chi connectivity index (χ1) is 7.65. The van der Waals surface area contributed by atoms with Gasteiger partial charge in [-0.3, -0.25) is 0 Å². The molecule has 0 radical (unpaired) electrons. The van der Waals surface area contributed by atoms with Crippen LogP contribution >= 0.6 is 23.2 Å². The zero-order chi connectivity index (χ0) is 11.5. The lowest BCUT2D eigenvalue weighted by Gasteiger charge is -2.05. The summed E-state index contributed by atoms with van der Waals surface area (Å²) in [6, 6.07) is 8.83. The number of nitrogens with zero attached hydrogens (tertiary/aromatic N) is 1. The molecule has 0 aliphatic heterocycles. The number of rotatable bonds is 2. The van der Waals surface area contributed by atoms with Crippen LogP contribution in [-0.2, 0) is 0 Å². The second-order valence-electron chi connectivity index (χ2n) is 3.35. The summed E-state index contributed by atoms with van der Waals surface area (Å²) < 4.78 is 5.51. The molecule has 0 spiro atoms. The maximum absolute atomic E-state index is 5.87. The molecule has 0 aliphatic carbocycles. The van der Waals surface area contributed by atoms with E-state index in [0.29, 0.717) is 21.7 Å². The lowest BCUT2D eigenvalue weighted by atomic mass is 10.3. The quantitative estimate of drug-likeness (QED) is 0.787. The number of pyridine rings is 1. The largest absolute Gasteiger partial charge is 0.439 e. The van der Waals surface area contributed by atoms with Gasteiger partial charge in [-0.1, -0.05) is 29.3 Å². The molecule has 2 aromatic rings. The lowest BCUT2D eigenvalue weighted by molar-refractivity contribution is 0.463. The minimum atomic E-state index is 0.464. The number of hydrogen-bond donors (Lipinski definition) is 0. The number of halogens is 2. The van der Waals surface area contributed by atoms with Gasteiger partial charge in [0, 0.05) is 18.3 Å². The van der Waals surface area contributed by atoms with Gasteiger partial charge in [-0.15, -0.1) is 0 Å². The second-order valence-corrected chi connectivity index (χ2v) is 4.17. The summed E-state index contributed by atoms with van der Waals surface area (Å²) in [6.07, 6.45) is 1.74. The Kier molecular flexibility index (Phi) is 3.32. The summed E-state index contributed by atoms with van der Waals surface area (Å²) in [5, 5.41) is 0.970. The molecule has 2 rings (SSSR count). The van der Waals surface area contributed by atoms with E-state index in [-0.39, 0.29) is 0 Å². The topological polar surface area (TPSA) is 22.1 Å². The summed E-state index contributed by atoms with van der Waals surface area (Å²) in [7, 11) is 0. The number of aromatic nitrogens is 1. The van der Waals surface area contributed by atoms with E-state index in [2.05, 4.69) is 4.98 Å². The van der Waals surface area contributed by atoms with E-state index in [9.17, 15) is 0 Å². The van der Waals surface area contributed by atoms with Crippen molar-refractivity contribution in [2.75, 3.05) is 0 Å². The number of benzene rings is 1. The van der Waals surface area contributed by atoms with E-state index in [1.165, 1.54) is 0 Å². The minimum Gasteiger partial charge on any atom is -0.439 e. The number of aryl methyl sites for hydroxylation is 1. The van der Waals surface area contributed by atoms with E-state index in [4.69, 9.17) is 27.9 Å². The van der Waals surface area contributed by atoms with Gasteiger partial charge in [0.2, 0.25) is 5.88 Å². The van der Waals surface area contributed by atoms with Gasteiger partial charge in [0.05, 0.1) is 10.0 Å². The van der Waals surface area contributed by atoms with Crippen molar-refractivity contribution in [3.63, 3.8) is 0 Å². The molecular weight excluding hydrogens is 245 g/mol. The van der Waals surface area contributed by atoms with E-state index in [0.717, 1.165) is 5.56 Å². The Labute approximate surface area is 104 Å². The molecule has 0 amide bonds. The van der Waals surface area contributed by atoms with Crippen molar-refractivity contribution in [1.29, 1.82) is 0 Å². The van der Waals surface area contributed by atoms with Crippen LogP contribution in [0.5, 0.6) is 11.6 Å². The first-order valence-electron chi connectivity index (χ1n) is 4.71. The van der Waals surface area contributed by atoms with Gasteiger partial charge in [-0.05, 0) is 24.6 Å². The van der Waals surface area contributed by atoms with Gasteiger partial charge in [0.1, 0.15) is 5.75 Å². The highest BCUT2D eigenvalue weighted by Crippen LogP contribution is 2.28. The van der Waals surface area contributed by atoms with Crippen molar-refractivity contribution in [3.8, 4) is 11.6 Å². The molecule has 1 aromatic carbocycles. The van der Waals surface area contributed by atoms with Crippen molar-refractivity contribution < 1.29 is 4.74 Å². The third kappa shape index (κ3) is 2.65. The molecule has 0 unspecified atom stereocenters. The Bertz CT molecular complexity index is 497. The Morgan fingerprint density at radius 1 is 1.06 bits per heavy atom.